The van der Waals surface area contributed by atoms with Gasteiger partial charge in [-0.15, -0.1) is 11.3 Å². The van der Waals surface area contributed by atoms with E-state index in [0.29, 0.717) is 6.61 Å². The van der Waals surface area contributed by atoms with Crippen molar-refractivity contribution in [1.29, 1.82) is 5.26 Å². The van der Waals surface area contributed by atoms with Crippen molar-refractivity contribution in [2.75, 3.05) is 13.7 Å². The number of pyridine rings is 1. The molecule has 0 saturated heterocycles. The number of aryl methyl sites for hydroxylation is 1. The number of rotatable bonds is 8. The van der Waals surface area contributed by atoms with Crippen molar-refractivity contribution in [1.82, 2.24) is 19.9 Å². The standard InChI is InChI=1S/C24H27N5O2S/c1-15-9-20(18(4)29(15)16(2)13-31-5)10-21(11-25)23(30)27-17(3)24-28-22(14-32-24)19-7-6-8-26-12-19/h6-10,12,14,16-17H,13H2,1-5H3,(H,27,30). The van der Waals surface area contributed by atoms with Crippen LogP contribution in [0.15, 0.2) is 41.5 Å². The van der Waals surface area contributed by atoms with Crippen LogP contribution in [0.25, 0.3) is 17.3 Å². The van der Waals surface area contributed by atoms with E-state index in [-0.39, 0.29) is 17.7 Å². The van der Waals surface area contributed by atoms with Crippen molar-refractivity contribution in [3.05, 3.63) is 63.5 Å². The smallest absolute Gasteiger partial charge is 0.262 e. The minimum Gasteiger partial charge on any atom is -0.383 e. The van der Waals surface area contributed by atoms with Crippen LogP contribution < -0.4 is 5.32 Å². The maximum Gasteiger partial charge on any atom is 0.262 e. The summed E-state index contributed by atoms with van der Waals surface area (Å²) in [7, 11) is 1.67. The van der Waals surface area contributed by atoms with Crippen LogP contribution in [-0.2, 0) is 9.53 Å². The van der Waals surface area contributed by atoms with Gasteiger partial charge in [-0.1, -0.05) is 0 Å². The highest BCUT2D eigenvalue weighted by atomic mass is 32.1. The second-order valence-electron chi connectivity index (χ2n) is 7.68. The molecular formula is C24H27N5O2S. The summed E-state index contributed by atoms with van der Waals surface area (Å²) in [4.78, 5) is 21.5. The summed E-state index contributed by atoms with van der Waals surface area (Å²) in [6.07, 6.45) is 5.11. The molecule has 0 aromatic carbocycles. The van der Waals surface area contributed by atoms with Gasteiger partial charge in [-0.3, -0.25) is 9.78 Å². The van der Waals surface area contributed by atoms with Gasteiger partial charge < -0.3 is 14.6 Å². The zero-order valence-corrected chi connectivity index (χ0v) is 19.7. The highest BCUT2D eigenvalue weighted by Gasteiger charge is 2.19. The van der Waals surface area contributed by atoms with Crippen LogP contribution in [0, 0.1) is 25.2 Å². The first kappa shape index (κ1) is 23.4. The molecule has 0 spiro atoms. The fourth-order valence-electron chi connectivity index (χ4n) is 3.72. The molecule has 2 unspecified atom stereocenters. The van der Waals surface area contributed by atoms with Gasteiger partial charge in [-0.05, 0) is 57.5 Å². The van der Waals surface area contributed by atoms with Crippen LogP contribution >= 0.6 is 11.3 Å². The zero-order chi connectivity index (χ0) is 23.3. The predicted octanol–water partition coefficient (Wildman–Crippen LogP) is 4.62. The Labute approximate surface area is 192 Å². The van der Waals surface area contributed by atoms with E-state index in [0.717, 1.165) is 33.2 Å². The zero-order valence-electron chi connectivity index (χ0n) is 18.9. The molecule has 3 heterocycles. The van der Waals surface area contributed by atoms with Crippen LogP contribution in [0.5, 0.6) is 0 Å². The lowest BCUT2D eigenvalue weighted by atomic mass is 10.1. The van der Waals surface area contributed by atoms with Crippen molar-refractivity contribution in [2.45, 2.75) is 39.8 Å². The van der Waals surface area contributed by atoms with Gasteiger partial charge in [0, 0.05) is 41.8 Å². The number of nitriles is 1. The maximum atomic E-state index is 12.8. The fraction of sp³-hybridized carbons (Fsp3) is 0.333. The molecule has 8 heteroatoms. The van der Waals surface area contributed by atoms with Crippen LogP contribution in [0.2, 0.25) is 0 Å². The van der Waals surface area contributed by atoms with E-state index in [1.807, 2.05) is 50.4 Å². The number of thiazole rings is 1. The van der Waals surface area contributed by atoms with Crippen LogP contribution in [0.3, 0.4) is 0 Å². The average Bonchev–Trinajstić information content (AvgIpc) is 3.37. The largest absolute Gasteiger partial charge is 0.383 e. The molecule has 166 valence electrons. The average molecular weight is 450 g/mol. The lowest BCUT2D eigenvalue weighted by Crippen LogP contribution is -2.27. The molecule has 0 radical (unpaired) electrons. The number of carbonyl (C=O) groups is 1. The van der Waals surface area contributed by atoms with E-state index in [1.165, 1.54) is 11.3 Å². The quantitative estimate of drug-likeness (QED) is 0.400. The number of ether oxygens (including phenoxy) is 1. The maximum absolute atomic E-state index is 12.8. The van der Waals surface area contributed by atoms with Crippen molar-refractivity contribution in [3.63, 3.8) is 0 Å². The Hall–Kier alpha value is -3.28. The number of hydrogen-bond donors (Lipinski definition) is 1. The molecule has 0 aliphatic rings. The third-order valence-electron chi connectivity index (χ3n) is 5.23. The van der Waals surface area contributed by atoms with Crippen LogP contribution in [-0.4, -0.2) is 34.2 Å². The molecule has 0 bridgehead atoms. The van der Waals surface area contributed by atoms with Crippen molar-refractivity contribution < 1.29 is 9.53 Å². The van der Waals surface area contributed by atoms with Gasteiger partial charge in [0.05, 0.1) is 24.4 Å². The number of nitrogens with zero attached hydrogens (tertiary/aromatic N) is 4. The first-order chi connectivity index (χ1) is 15.3. The highest BCUT2D eigenvalue weighted by Crippen LogP contribution is 2.26. The monoisotopic (exact) mass is 449 g/mol. The molecule has 0 aliphatic carbocycles. The van der Waals surface area contributed by atoms with E-state index < -0.39 is 5.91 Å². The summed E-state index contributed by atoms with van der Waals surface area (Å²) < 4.78 is 7.43. The van der Waals surface area contributed by atoms with Gasteiger partial charge in [0.15, 0.2) is 0 Å². The summed E-state index contributed by atoms with van der Waals surface area (Å²) in [5, 5.41) is 15.2. The normalized spacial score (nSPS) is 13.4. The molecular weight excluding hydrogens is 422 g/mol. The Balaban J connectivity index is 1.77. The summed E-state index contributed by atoms with van der Waals surface area (Å²) in [6.45, 7) is 8.50. The minimum atomic E-state index is -0.423. The van der Waals surface area contributed by atoms with Gasteiger partial charge in [0.25, 0.3) is 5.91 Å². The van der Waals surface area contributed by atoms with E-state index in [1.54, 1.807) is 25.6 Å². The van der Waals surface area contributed by atoms with Crippen molar-refractivity contribution in [3.8, 4) is 17.3 Å². The molecule has 1 amide bonds. The van der Waals surface area contributed by atoms with Crippen LogP contribution in [0.1, 0.15) is 47.9 Å². The van der Waals surface area contributed by atoms with E-state index in [4.69, 9.17) is 4.74 Å². The van der Waals surface area contributed by atoms with Gasteiger partial charge in [-0.2, -0.15) is 5.26 Å². The van der Waals surface area contributed by atoms with Gasteiger partial charge in [0.1, 0.15) is 16.6 Å². The lowest BCUT2D eigenvalue weighted by molar-refractivity contribution is -0.117. The SMILES string of the molecule is COCC(C)n1c(C)cc(C=C(C#N)C(=O)NC(C)c2nc(-c3cccnc3)cs2)c1C. The summed E-state index contributed by atoms with van der Waals surface area (Å²) in [6, 6.07) is 7.64. The van der Waals surface area contributed by atoms with Crippen LogP contribution in [0.4, 0.5) is 0 Å². The number of hydrogen-bond acceptors (Lipinski definition) is 6. The molecule has 0 aliphatic heterocycles. The molecule has 7 nitrogen and oxygen atoms in total. The predicted molar refractivity (Wildman–Crippen MR) is 126 cm³/mol. The van der Waals surface area contributed by atoms with Gasteiger partial charge in [0.2, 0.25) is 0 Å². The molecule has 3 aromatic rings. The minimum absolute atomic E-state index is 0.0560. The van der Waals surface area contributed by atoms with Gasteiger partial charge in [-0.25, -0.2) is 4.98 Å². The Morgan fingerprint density at radius 1 is 1.41 bits per heavy atom. The van der Waals surface area contributed by atoms with Crippen molar-refractivity contribution in [2.24, 2.45) is 0 Å². The Morgan fingerprint density at radius 2 is 2.19 bits per heavy atom. The van der Waals surface area contributed by atoms with E-state index in [2.05, 4.69) is 26.8 Å². The Kier molecular flexibility index (Phi) is 7.57. The first-order valence-corrected chi connectivity index (χ1v) is 11.2. The number of aromatic nitrogens is 3. The molecule has 1 N–H and O–H groups in total. The second kappa shape index (κ2) is 10.4. The number of amides is 1. The van der Waals surface area contributed by atoms with Crippen molar-refractivity contribution >= 4 is 23.3 Å². The summed E-state index contributed by atoms with van der Waals surface area (Å²) in [5.74, 6) is -0.423. The topological polar surface area (TPSA) is 92.8 Å². The highest BCUT2D eigenvalue weighted by molar-refractivity contribution is 7.10. The molecule has 32 heavy (non-hydrogen) atoms. The molecule has 0 fully saturated rings. The number of carbonyl (C=O) groups excluding carboxylic acids is 1. The third kappa shape index (κ3) is 5.13. The molecule has 0 saturated carbocycles. The Morgan fingerprint density at radius 3 is 2.84 bits per heavy atom. The second-order valence-corrected chi connectivity index (χ2v) is 8.57. The third-order valence-corrected chi connectivity index (χ3v) is 6.26. The summed E-state index contributed by atoms with van der Waals surface area (Å²) in [5.41, 5.74) is 4.67. The first-order valence-electron chi connectivity index (χ1n) is 10.3. The Bertz CT molecular complexity index is 1160. The van der Waals surface area contributed by atoms with E-state index >= 15 is 0 Å². The van der Waals surface area contributed by atoms with E-state index in [9.17, 15) is 10.1 Å². The molecule has 3 aromatic heterocycles. The molecule has 3 rings (SSSR count). The lowest BCUT2D eigenvalue weighted by Gasteiger charge is -2.17. The number of nitrogens with one attached hydrogen (secondary N) is 1. The fourth-order valence-corrected chi connectivity index (χ4v) is 4.55. The number of methoxy groups -OCH3 is 1. The summed E-state index contributed by atoms with van der Waals surface area (Å²) >= 11 is 1.46. The molecule has 2 atom stereocenters. The van der Waals surface area contributed by atoms with Gasteiger partial charge >= 0.3 is 0 Å².